The number of aliphatic hydroxyl groups excluding tert-OH is 1. The lowest BCUT2D eigenvalue weighted by atomic mass is 10.2. The fourth-order valence-corrected chi connectivity index (χ4v) is 1.91. The minimum Gasteiger partial charge on any atom is -0.395 e. The SMILES string of the molecule is O=C(Nc1ccccc1C#CCCO)NC1CCOC1. The van der Waals surface area contributed by atoms with Crippen molar-refractivity contribution in [3.8, 4) is 11.8 Å². The van der Waals surface area contributed by atoms with Crippen LogP contribution < -0.4 is 10.6 Å². The van der Waals surface area contributed by atoms with Crippen molar-refractivity contribution in [3.05, 3.63) is 29.8 Å². The standard InChI is InChI=1S/C15H18N2O3/c18-9-4-3-6-12-5-1-2-7-14(12)17-15(19)16-13-8-10-20-11-13/h1-2,5,7,13,18H,4,8-11H2,(H2,16,17,19). The van der Waals surface area contributed by atoms with E-state index in [0.717, 1.165) is 12.0 Å². The van der Waals surface area contributed by atoms with Gasteiger partial charge in [0, 0.05) is 18.6 Å². The first-order chi connectivity index (χ1) is 9.79. The van der Waals surface area contributed by atoms with Crippen molar-refractivity contribution < 1.29 is 14.6 Å². The minimum absolute atomic E-state index is 0.0325. The molecule has 0 spiro atoms. The summed E-state index contributed by atoms with van der Waals surface area (Å²) < 4.78 is 5.21. The summed E-state index contributed by atoms with van der Waals surface area (Å²) in [5.74, 6) is 5.78. The third-order valence-corrected chi connectivity index (χ3v) is 2.90. The van der Waals surface area contributed by atoms with E-state index >= 15 is 0 Å². The number of anilines is 1. The quantitative estimate of drug-likeness (QED) is 0.728. The molecule has 1 aromatic carbocycles. The van der Waals surface area contributed by atoms with Gasteiger partial charge in [-0.1, -0.05) is 24.0 Å². The highest BCUT2D eigenvalue weighted by atomic mass is 16.5. The van der Waals surface area contributed by atoms with Gasteiger partial charge < -0.3 is 20.5 Å². The van der Waals surface area contributed by atoms with Gasteiger partial charge in [0.1, 0.15) is 0 Å². The van der Waals surface area contributed by atoms with E-state index in [1.807, 2.05) is 18.2 Å². The Bertz CT molecular complexity index is 513. The maximum Gasteiger partial charge on any atom is 0.319 e. The van der Waals surface area contributed by atoms with E-state index in [-0.39, 0.29) is 18.7 Å². The first-order valence-corrected chi connectivity index (χ1v) is 6.63. The van der Waals surface area contributed by atoms with E-state index in [2.05, 4.69) is 22.5 Å². The molecule has 1 heterocycles. The molecule has 20 heavy (non-hydrogen) atoms. The molecular weight excluding hydrogens is 256 g/mol. The van der Waals surface area contributed by atoms with E-state index in [1.165, 1.54) is 0 Å². The zero-order valence-electron chi connectivity index (χ0n) is 11.2. The van der Waals surface area contributed by atoms with Crippen LogP contribution in [0, 0.1) is 11.8 Å². The van der Waals surface area contributed by atoms with E-state index < -0.39 is 0 Å². The molecule has 1 saturated heterocycles. The molecule has 106 valence electrons. The summed E-state index contributed by atoms with van der Waals surface area (Å²) in [5.41, 5.74) is 1.40. The summed E-state index contributed by atoms with van der Waals surface area (Å²) in [6.07, 6.45) is 1.26. The molecule has 5 nitrogen and oxygen atoms in total. The maximum atomic E-state index is 11.9. The molecule has 1 aliphatic heterocycles. The second kappa shape index (κ2) is 7.53. The smallest absolute Gasteiger partial charge is 0.319 e. The first kappa shape index (κ1) is 14.4. The maximum absolute atomic E-state index is 11.9. The Kier molecular flexibility index (Phi) is 5.42. The normalized spacial score (nSPS) is 17.1. The summed E-state index contributed by atoms with van der Waals surface area (Å²) >= 11 is 0. The fraction of sp³-hybridized carbons (Fsp3) is 0.400. The number of carbonyl (C=O) groups excluding carboxylic acids is 1. The summed E-state index contributed by atoms with van der Waals surface area (Å²) in [6, 6.07) is 7.15. The lowest BCUT2D eigenvalue weighted by molar-refractivity contribution is 0.189. The van der Waals surface area contributed by atoms with Crippen molar-refractivity contribution >= 4 is 11.7 Å². The monoisotopic (exact) mass is 274 g/mol. The molecule has 0 bridgehead atoms. The van der Waals surface area contributed by atoms with Gasteiger partial charge in [0.05, 0.1) is 24.9 Å². The molecular formula is C15H18N2O3. The number of aliphatic hydroxyl groups is 1. The molecule has 1 atom stereocenters. The van der Waals surface area contributed by atoms with Crippen LogP contribution in [0.25, 0.3) is 0 Å². The average molecular weight is 274 g/mol. The second-order valence-electron chi connectivity index (χ2n) is 4.48. The van der Waals surface area contributed by atoms with Gasteiger partial charge in [-0.15, -0.1) is 0 Å². The molecule has 1 fully saturated rings. The lowest BCUT2D eigenvalue weighted by Crippen LogP contribution is -2.38. The predicted molar refractivity (Wildman–Crippen MR) is 76.4 cm³/mol. The van der Waals surface area contributed by atoms with Crippen molar-refractivity contribution in [2.75, 3.05) is 25.1 Å². The third kappa shape index (κ3) is 4.26. The summed E-state index contributed by atoms with van der Waals surface area (Å²) in [4.78, 5) is 11.9. The number of ether oxygens (including phenoxy) is 1. The van der Waals surface area contributed by atoms with Gasteiger partial charge in [-0.3, -0.25) is 0 Å². The Morgan fingerprint density at radius 1 is 1.45 bits per heavy atom. The lowest BCUT2D eigenvalue weighted by Gasteiger charge is -2.12. The van der Waals surface area contributed by atoms with Gasteiger partial charge in [-0.05, 0) is 18.6 Å². The average Bonchev–Trinajstić information content (AvgIpc) is 2.93. The molecule has 0 aliphatic carbocycles. The summed E-state index contributed by atoms with van der Waals surface area (Å²) in [5, 5.41) is 14.4. The van der Waals surface area contributed by atoms with Crippen LogP contribution in [-0.4, -0.2) is 37.0 Å². The molecule has 1 aromatic rings. The third-order valence-electron chi connectivity index (χ3n) is 2.90. The molecule has 0 saturated carbocycles. The van der Waals surface area contributed by atoms with Crippen LogP contribution in [0.15, 0.2) is 24.3 Å². The zero-order valence-corrected chi connectivity index (χ0v) is 11.2. The molecule has 0 aromatic heterocycles. The Morgan fingerprint density at radius 2 is 2.30 bits per heavy atom. The number of urea groups is 1. The van der Waals surface area contributed by atoms with Crippen molar-refractivity contribution in [2.24, 2.45) is 0 Å². The molecule has 0 radical (unpaired) electrons. The van der Waals surface area contributed by atoms with Gasteiger partial charge >= 0.3 is 6.03 Å². The van der Waals surface area contributed by atoms with Gasteiger partial charge in [-0.2, -0.15) is 0 Å². The van der Waals surface area contributed by atoms with Crippen molar-refractivity contribution in [3.63, 3.8) is 0 Å². The van der Waals surface area contributed by atoms with E-state index in [4.69, 9.17) is 9.84 Å². The van der Waals surface area contributed by atoms with Crippen molar-refractivity contribution in [2.45, 2.75) is 18.9 Å². The van der Waals surface area contributed by atoms with E-state index in [1.54, 1.807) is 6.07 Å². The number of hydrogen-bond donors (Lipinski definition) is 3. The van der Waals surface area contributed by atoms with Crippen molar-refractivity contribution in [1.29, 1.82) is 0 Å². The second-order valence-corrected chi connectivity index (χ2v) is 4.48. The number of nitrogens with one attached hydrogen (secondary N) is 2. The topological polar surface area (TPSA) is 70.6 Å². The Morgan fingerprint density at radius 3 is 3.05 bits per heavy atom. The number of hydrogen-bond acceptors (Lipinski definition) is 3. The first-order valence-electron chi connectivity index (χ1n) is 6.63. The van der Waals surface area contributed by atoms with Crippen LogP contribution in [0.3, 0.4) is 0 Å². The largest absolute Gasteiger partial charge is 0.395 e. The van der Waals surface area contributed by atoms with Crippen LogP contribution in [0.5, 0.6) is 0 Å². The molecule has 2 rings (SSSR count). The van der Waals surface area contributed by atoms with Crippen LogP contribution in [0.2, 0.25) is 0 Å². The molecule has 2 amide bonds. The minimum atomic E-state index is -0.253. The highest BCUT2D eigenvalue weighted by Crippen LogP contribution is 2.14. The van der Waals surface area contributed by atoms with E-state index in [9.17, 15) is 4.79 Å². The van der Waals surface area contributed by atoms with E-state index in [0.29, 0.717) is 25.3 Å². The molecule has 3 N–H and O–H groups in total. The fourth-order valence-electron chi connectivity index (χ4n) is 1.91. The zero-order chi connectivity index (χ0) is 14.2. The number of para-hydroxylation sites is 1. The molecule has 1 unspecified atom stereocenters. The number of carbonyl (C=O) groups is 1. The highest BCUT2D eigenvalue weighted by Gasteiger charge is 2.17. The van der Waals surface area contributed by atoms with Crippen LogP contribution in [0.4, 0.5) is 10.5 Å². The van der Waals surface area contributed by atoms with Crippen molar-refractivity contribution in [1.82, 2.24) is 5.32 Å². The number of rotatable bonds is 3. The Labute approximate surface area is 118 Å². The van der Waals surface area contributed by atoms with Crippen LogP contribution in [0.1, 0.15) is 18.4 Å². The van der Waals surface area contributed by atoms with Gasteiger partial charge in [-0.25, -0.2) is 4.79 Å². The van der Waals surface area contributed by atoms with Crippen LogP contribution >= 0.6 is 0 Å². The van der Waals surface area contributed by atoms with Crippen LogP contribution in [-0.2, 0) is 4.74 Å². The number of amides is 2. The summed E-state index contributed by atoms with van der Waals surface area (Å²) in [6.45, 7) is 1.28. The molecule has 5 heteroatoms. The van der Waals surface area contributed by atoms with Gasteiger partial charge in [0.2, 0.25) is 0 Å². The summed E-state index contributed by atoms with van der Waals surface area (Å²) in [7, 11) is 0. The highest BCUT2D eigenvalue weighted by molar-refractivity contribution is 5.91. The Balaban J connectivity index is 1.97. The van der Waals surface area contributed by atoms with Gasteiger partial charge in [0.15, 0.2) is 0 Å². The van der Waals surface area contributed by atoms with Gasteiger partial charge in [0.25, 0.3) is 0 Å². The Hall–Kier alpha value is -2.03. The molecule has 1 aliphatic rings. The number of benzene rings is 1. The predicted octanol–water partition coefficient (Wildman–Crippen LogP) is 1.33.